The van der Waals surface area contributed by atoms with Crippen LogP contribution in [0.2, 0.25) is 0 Å². The molecule has 21 heavy (non-hydrogen) atoms. The highest BCUT2D eigenvalue weighted by Crippen LogP contribution is 2.33. The molecule has 0 spiro atoms. The second-order valence-electron chi connectivity index (χ2n) is 6.20. The first-order valence-corrected chi connectivity index (χ1v) is 7.92. The van der Waals surface area contributed by atoms with Crippen LogP contribution in [0, 0.1) is 5.92 Å². The smallest absolute Gasteiger partial charge is 0.184 e. The van der Waals surface area contributed by atoms with Crippen LogP contribution >= 0.6 is 0 Å². The minimum Gasteiger partial charge on any atom is -0.390 e. The molecule has 0 aromatic heterocycles. The summed E-state index contributed by atoms with van der Waals surface area (Å²) in [6.07, 6.45) is 3.12. The van der Waals surface area contributed by atoms with E-state index < -0.39 is 24.6 Å². The van der Waals surface area contributed by atoms with Crippen molar-refractivity contribution in [2.45, 2.75) is 56.7 Å². The normalized spacial score (nSPS) is 32.2. The molecule has 2 fully saturated rings. The monoisotopic (exact) mass is 292 g/mol. The first-order chi connectivity index (χ1) is 10.2. The van der Waals surface area contributed by atoms with Crippen molar-refractivity contribution < 1.29 is 19.7 Å². The van der Waals surface area contributed by atoms with Gasteiger partial charge in [-0.25, -0.2) is 0 Å². The van der Waals surface area contributed by atoms with Gasteiger partial charge in [-0.15, -0.1) is 0 Å². The van der Waals surface area contributed by atoms with Crippen LogP contribution in [-0.4, -0.2) is 35.1 Å². The van der Waals surface area contributed by atoms with E-state index in [1.165, 1.54) is 25.7 Å². The maximum absolute atomic E-state index is 10.4. The minimum absolute atomic E-state index is 0.200. The molecule has 116 valence electrons. The number of aliphatic hydroxyl groups excluding tert-OH is 2. The van der Waals surface area contributed by atoms with Crippen molar-refractivity contribution in [3.8, 4) is 0 Å². The van der Waals surface area contributed by atoms with E-state index in [-0.39, 0.29) is 6.61 Å². The van der Waals surface area contributed by atoms with E-state index in [0.717, 1.165) is 5.56 Å². The van der Waals surface area contributed by atoms with Crippen molar-refractivity contribution >= 4 is 0 Å². The van der Waals surface area contributed by atoms with Gasteiger partial charge < -0.3 is 19.7 Å². The fraction of sp³-hybridized carbons (Fsp3) is 0.647. The van der Waals surface area contributed by atoms with Gasteiger partial charge in [0.1, 0.15) is 12.2 Å². The van der Waals surface area contributed by atoms with E-state index >= 15 is 0 Å². The third-order valence-electron chi connectivity index (χ3n) is 4.58. The first-order valence-electron chi connectivity index (χ1n) is 7.92. The number of hydrogen-bond donors (Lipinski definition) is 2. The quantitative estimate of drug-likeness (QED) is 0.894. The zero-order valence-corrected chi connectivity index (χ0v) is 12.2. The maximum Gasteiger partial charge on any atom is 0.184 e. The average Bonchev–Trinajstić information content (AvgIpc) is 3.01. The first kappa shape index (κ1) is 15.0. The van der Waals surface area contributed by atoms with E-state index in [1.807, 2.05) is 30.3 Å². The summed E-state index contributed by atoms with van der Waals surface area (Å²) in [6.45, 7) is 0.200. The van der Waals surface area contributed by atoms with Gasteiger partial charge in [-0.3, -0.25) is 0 Å². The molecule has 1 heterocycles. The summed E-state index contributed by atoms with van der Waals surface area (Å²) in [7, 11) is 0. The topological polar surface area (TPSA) is 58.9 Å². The highest BCUT2D eigenvalue weighted by Gasteiger charge is 2.37. The van der Waals surface area contributed by atoms with Gasteiger partial charge in [0.25, 0.3) is 0 Å². The minimum atomic E-state index is -0.763. The summed E-state index contributed by atoms with van der Waals surface area (Å²) in [5, 5.41) is 20.5. The molecule has 1 aromatic rings. The molecule has 1 saturated carbocycles. The molecule has 1 aliphatic heterocycles. The summed E-state index contributed by atoms with van der Waals surface area (Å²) < 4.78 is 11.4. The standard InChI is InChI=1S/C17H24O4/c18-14(10-12-6-4-5-7-12)16-15(19)11-20-17(21-16)13-8-2-1-3-9-13/h1-3,8-9,12,14-19H,4-7,10-11H2/t14-,15?,16?,17?/m1/s1. The summed E-state index contributed by atoms with van der Waals surface area (Å²) in [5.41, 5.74) is 0.919. The Hall–Kier alpha value is -0.940. The summed E-state index contributed by atoms with van der Waals surface area (Å²) in [4.78, 5) is 0. The Morgan fingerprint density at radius 1 is 1.14 bits per heavy atom. The molecule has 1 saturated heterocycles. The van der Waals surface area contributed by atoms with E-state index in [4.69, 9.17) is 9.47 Å². The summed E-state index contributed by atoms with van der Waals surface area (Å²) in [6, 6.07) is 9.66. The second kappa shape index (κ2) is 6.88. The Morgan fingerprint density at radius 3 is 2.57 bits per heavy atom. The van der Waals surface area contributed by atoms with Crippen molar-refractivity contribution in [2.24, 2.45) is 5.92 Å². The van der Waals surface area contributed by atoms with Gasteiger partial charge in [0, 0.05) is 5.56 Å². The predicted octanol–water partition coefficient (Wildman–Crippen LogP) is 2.40. The van der Waals surface area contributed by atoms with Crippen LogP contribution in [0.15, 0.2) is 30.3 Å². The third-order valence-corrected chi connectivity index (χ3v) is 4.58. The Balaban J connectivity index is 1.62. The molecule has 4 atom stereocenters. The second-order valence-corrected chi connectivity index (χ2v) is 6.20. The SMILES string of the molecule is OC1COC(c2ccccc2)OC1[C@H](O)CC1CCCC1. The van der Waals surface area contributed by atoms with Crippen molar-refractivity contribution in [1.29, 1.82) is 0 Å². The Kier molecular flexibility index (Phi) is 4.91. The lowest BCUT2D eigenvalue weighted by Crippen LogP contribution is -2.47. The fourth-order valence-electron chi connectivity index (χ4n) is 3.41. The molecule has 3 unspecified atom stereocenters. The predicted molar refractivity (Wildman–Crippen MR) is 78.6 cm³/mol. The number of benzene rings is 1. The lowest BCUT2D eigenvalue weighted by atomic mass is 9.94. The number of aliphatic hydroxyl groups is 2. The average molecular weight is 292 g/mol. The molecule has 0 radical (unpaired) electrons. The van der Waals surface area contributed by atoms with Crippen LogP contribution in [0.25, 0.3) is 0 Å². The fourth-order valence-corrected chi connectivity index (χ4v) is 3.41. The molecule has 3 rings (SSSR count). The third kappa shape index (κ3) is 3.64. The van der Waals surface area contributed by atoms with Crippen molar-refractivity contribution in [3.63, 3.8) is 0 Å². The summed E-state index contributed by atoms with van der Waals surface area (Å²) in [5.74, 6) is 0.564. The van der Waals surface area contributed by atoms with Gasteiger partial charge in [-0.05, 0) is 12.3 Å². The number of rotatable bonds is 4. The van der Waals surface area contributed by atoms with Crippen molar-refractivity contribution in [1.82, 2.24) is 0 Å². The van der Waals surface area contributed by atoms with Gasteiger partial charge in [0.05, 0.1) is 12.7 Å². The van der Waals surface area contributed by atoms with Gasteiger partial charge in [-0.1, -0.05) is 56.0 Å². The molecule has 4 heteroatoms. The summed E-state index contributed by atoms with van der Waals surface area (Å²) >= 11 is 0. The van der Waals surface area contributed by atoms with Crippen LogP contribution in [0.1, 0.15) is 44.0 Å². The lowest BCUT2D eigenvalue weighted by molar-refractivity contribution is -0.276. The Morgan fingerprint density at radius 2 is 1.86 bits per heavy atom. The van der Waals surface area contributed by atoms with Gasteiger partial charge in [0.2, 0.25) is 0 Å². The van der Waals surface area contributed by atoms with Crippen LogP contribution in [-0.2, 0) is 9.47 Å². The molecule has 1 aliphatic carbocycles. The van der Waals surface area contributed by atoms with E-state index in [2.05, 4.69) is 0 Å². The zero-order chi connectivity index (χ0) is 14.7. The molecular formula is C17H24O4. The largest absolute Gasteiger partial charge is 0.390 e. The van der Waals surface area contributed by atoms with Gasteiger partial charge in [-0.2, -0.15) is 0 Å². The molecule has 2 aliphatic rings. The van der Waals surface area contributed by atoms with E-state index in [0.29, 0.717) is 12.3 Å². The van der Waals surface area contributed by atoms with E-state index in [1.54, 1.807) is 0 Å². The highest BCUT2D eigenvalue weighted by atomic mass is 16.7. The molecule has 1 aromatic carbocycles. The van der Waals surface area contributed by atoms with E-state index in [9.17, 15) is 10.2 Å². The maximum atomic E-state index is 10.4. The Bertz CT molecular complexity index is 430. The van der Waals surface area contributed by atoms with Gasteiger partial charge >= 0.3 is 0 Å². The number of hydrogen-bond acceptors (Lipinski definition) is 4. The van der Waals surface area contributed by atoms with Crippen molar-refractivity contribution in [3.05, 3.63) is 35.9 Å². The molecule has 0 amide bonds. The van der Waals surface area contributed by atoms with Crippen LogP contribution in [0.3, 0.4) is 0 Å². The molecular weight excluding hydrogens is 268 g/mol. The molecule has 0 bridgehead atoms. The Labute approximate surface area is 125 Å². The molecule has 4 nitrogen and oxygen atoms in total. The number of ether oxygens (including phenoxy) is 2. The zero-order valence-electron chi connectivity index (χ0n) is 12.2. The van der Waals surface area contributed by atoms with Crippen LogP contribution < -0.4 is 0 Å². The van der Waals surface area contributed by atoms with Crippen molar-refractivity contribution in [2.75, 3.05) is 6.61 Å². The van der Waals surface area contributed by atoms with Crippen LogP contribution in [0.5, 0.6) is 0 Å². The molecule has 2 N–H and O–H groups in total. The van der Waals surface area contributed by atoms with Crippen LogP contribution in [0.4, 0.5) is 0 Å². The lowest BCUT2D eigenvalue weighted by Gasteiger charge is -2.37. The highest BCUT2D eigenvalue weighted by molar-refractivity contribution is 5.16. The van der Waals surface area contributed by atoms with Gasteiger partial charge in [0.15, 0.2) is 6.29 Å².